The maximum Gasteiger partial charge on any atom is 0.255 e. The van der Waals surface area contributed by atoms with Gasteiger partial charge in [0.25, 0.3) is 5.91 Å². The predicted octanol–water partition coefficient (Wildman–Crippen LogP) is 2.82. The first-order chi connectivity index (χ1) is 11.2. The van der Waals surface area contributed by atoms with Crippen LogP contribution in [0.1, 0.15) is 15.9 Å². The number of amides is 1. The van der Waals surface area contributed by atoms with Crippen LogP contribution in [0, 0.1) is 6.92 Å². The molecule has 5 heteroatoms. The topological polar surface area (TPSA) is 56.8 Å². The SMILES string of the molecule is COc1cccc(C(=O)NCCOc2ccccc2C)c1OC. The molecule has 0 radical (unpaired) electrons. The molecule has 23 heavy (non-hydrogen) atoms. The minimum absolute atomic E-state index is 0.228. The highest BCUT2D eigenvalue weighted by Crippen LogP contribution is 2.30. The molecule has 1 amide bonds. The summed E-state index contributed by atoms with van der Waals surface area (Å²) in [5, 5.41) is 2.82. The van der Waals surface area contributed by atoms with Gasteiger partial charge in [-0.1, -0.05) is 24.3 Å². The van der Waals surface area contributed by atoms with E-state index in [1.54, 1.807) is 18.2 Å². The molecule has 0 aliphatic carbocycles. The maximum atomic E-state index is 12.3. The number of nitrogens with one attached hydrogen (secondary N) is 1. The normalized spacial score (nSPS) is 10.0. The Labute approximate surface area is 136 Å². The van der Waals surface area contributed by atoms with Crippen molar-refractivity contribution in [2.75, 3.05) is 27.4 Å². The molecule has 0 bridgehead atoms. The van der Waals surface area contributed by atoms with Crippen molar-refractivity contribution >= 4 is 5.91 Å². The lowest BCUT2D eigenvalue weighted by Gasteiger charge is -2.13. The van der Waals surface area contributed by atoms with Crippen molar-refractivity contribution in [3.05, 3.63) is 53.6 Å². The Morgan fingerprint density at radius 2 is 1.74 bits per heavy atom. The Bertz CT molecular complexity index is 670. The van der Waals surface area contributed by atoms with Crippen LogP contribution in [-0.2, 0) is 0 Å². The average Bonchev–Trinajstić information content (AvgIpc) is 2.59. The highest BCUT2D eigenvalue weighted by atomic mass is 16.5. The van der Waals surface area contributed by atoms with Gasteiger partial charge in [0.15, 0.2) is 11.5 Å². The molecule has 0 unspecified atom stereocenters. The van der Waals surface area contributed by atoms with Crippen LogP contribution >= 0.6 is 0 Å². The molecular weight excluding hydrogens is 294 g/mol. The fourth-order valence-corrected chi connectivity index (χ4v) is 2.21. The van der Waals surface area contributed by atoms with Crippen LogP contribution in [0.3, 0.4) is 0 Å². The molecule has 0 heterocycles. The van der Waals surface area contributed by atoms with E-state index in [1.165, 1.54) is 14.2 Å². The molecule has 0 saturated heterocycles. The zero-order chi connectivity index (χ0) is 16.7. The van der Waals surface area contributed by atoms with Crippen molar-refractivity contribution in [3.8, 4) is 17.2 Å². The Hall–Kier alpha value is -2.69. The number of carbonyl (C=O) groups is 1. The standard InChI is InChI=1S/C18H21NO4/c1-13-7-4-5-9-15(13)23-12-11-19-18(20)14-8-6-10-16(21-2)17(14)22-3/h4-10H,11-12H2,1-3H3,(H,19,20). The molecule has 1 N–H and O–H groups in total. The minimum atomic E-state index is -0.228. The number of benzene rings is 2. The Morgan fingerprint density at radius 3 is 2.43 bits per heavy atom. The second-order valence-electron chi connectivity index (χ2n) is 4.91. The van der Waals surface area contributed by atoms with E-state index in [2.05, 4.69) is 5.32 Å². The Morgan fingerprint density at radius 1 is 1.00 bits per heavy atom. The van der Waals surface area contributed by atoms with Gasteiger partial charge >= 0.3 is 0 Å². The molecule has 2 rings (SSSR count). The third-order valence-corrected chi connectivity index (χ3v) is 3.39. The summed E-state index contributed by atoms with van der Waals surface area (Å²) < 4.78 is 16.1. The molecule has 0 spiro atoms. The monoisotopic (exact) mass is 315 g/mol. The van der Waals surface area contributed by atoms with Crippen LogP contribution < -0.4 is 19.5 Å². The lowest BCUT2D eigenvalue weighted by atomic mass is 10.1. The first-order valence-corrected chi connectivity index (χ1v) is 7.35. The molecular formula is C18H21NO4. The summed E-state index contributed by atoms with van der Waals surface area (Å²) in [4.78, 5) is 12.3. The van der Waals surface area contributed by atoms with Crippen molar-refractivity contribution in [2.24, 2.45) is 0 Å². The second-order valence-corrected chi connectivity index (χ2v) is 4.91. The average molecular weight is 315 g/mol. The number of hydrogen-bond donors (Lipinski definition) is 1. The first-order valence-electron chi connectivity index (χ1n) is 7.35. The van der Waals surface area contributed by atoms with Crippen molar-refractivity contribution in [3.63, 3.8) is 0 Å². The van der Waals surface area contributed by atoms with Gasteiger partial charge in [-0.05, 0) is 30.7 Å². The van der Waals surface area contributed by atoms with E-state index < -0.39 is 0 Å². The molecule has 0 aromatic heterocycles. The molecule has 0 aliphatic rings. The van der Waals surface area contributed by atoms with Gasteiger partial charge in [-0.15, -0.1) is 0 Å². The van der Waals surface area contributed by atoms with E-state index in [0.29, 0.717) is 30.2 Å². The number of aryl methyl sites for hydroxylation is 1. The lowest BCUT2D eigenvalue weighted by molar-refractivity contribution is 0.0943. The Kier molecular flexibility index (Phi) is 5.86. The molecule has 2 aromatic carbocycles. The third kappa shape index (κ3) is 4.16. The van der Waals surface area contributed by atoms with E-state index in [-0.39, 0.29) is 5.91 Å². The van der Waals surface area contributed by atoms with Crippen LogP contribution in [0.5, 0.6) is 17.2 Å². The van der Waals surface area contributed by atoms with Gasteiger partial charge in [0.05, 0.1) is 26.3 Å². The summed E-state index contributed by atoms with van der Waals surface area (Å²) in [6, 6.07) is 13.0. The van der Waals surface area contributed by atoms with Gasteiger partial charge in [-0.2, -0.15) is 0 Å². The lowest BCUT2D eigenvalue weighted by Crippen LogP contribution is -2.28. The zero-order valence-corrected chi connectivity index (χ0v) is 13.6. The molecule has 5 nitrogen and oxygen atoms in total. The number of ether oxygens (including phenoxy) is 3. The number of para-hydroxylation sites is 2. The molecule has 0 fully saturated rings. The number of hydrogen-bond acceptors (Lipinski definition) is 4. The molecule has 0 atom stereocenters. The summed E-state index contributed by atoms with van der Waals surface area (Å²) in [5.41, 5.74) is 1.50. The van der Waals surface area contributed by atoms with Gasteiger partial charge in [0.1, 0.15) is 12.4 Å². The summed E-state index contributed by atoms with van der Waals surface area (Å²) in [6.07, 6.45) is 0. The van der Waals surface area contributed by atoms with Crippen molar-refractivity contribution in [1.82, 2.24) is 5.32 Å². The predicted molar refractivity (Wildman–Crippen MR) is 88.6 cm³/mol. The van der Waals surface area contributed by atoms with Crippen LogP contribution in [0.15, 0.2) is 42.5 Å². The summed E-state index contributed by atoms with van der Waals surface area (Å²) in [7, 11) is 3.05. The summed E-state index contributed by atoms with van der Waals surface area (Å²) >= 11 is 0. The van der Waals surface area contributed by atoms with Gasteiger partial charge in [0, 0.05) is 0 Å². The largest absolute Gasteiger partial charge is 0.493 e. The minimum Gasteiger partial charge on any atom is -0.493 e. The van der Waals surface area contributed by atoms with Crippen LogP contribution in [0.2, 0.25) is 0 Å². The second kappa shape index (κ2) is 8.08. The highest BCUT2D eigenvalue weighted by molar-refractivity contribution is 5.97. The first kappa shape index (κ1) is 16.7. The van der Waals surface area contributed by atoms with Crippen molar-refractivity contribution in [2.45, 2.75) is 6.92 Å². The van der Waals surface area contributed by atoms with Crippen LogP contribution in [-0.4, -0.2) is 33.3 Å². The van der Waals surface area contributed by atoms with Gasteiger partial charge in [0.2, 0.25) is 0 Å². The third-order valence-electron chi connectivity index (χ3n) is 3.39. The number of rotatable bonds is 7. The quantitative estimate of drug-likeness (QED) is 0.798. The fourth-order valence-electron chi connectivity index (χ4n) is 2.21. The van der Waals surface area contributed by atoms with E-state index in [9.17, 15) is 4.79 Å². The van der Waals surface area contributed by atoms with Crippen molar-refractivity contribution in [1.29, 1.82) is 0 Å². The number of methoxy groups -OCH3 is 2. The van der Waals surface area contributed by atoms with Crippen molar-refractivity contribution < 1.29 is 19.0 Å². The molecule has 122 valence electrons. The Balaban J connectivity index is 1.92. The van der Waals surface area contributed by atoms with E-state index in [0.717, 1.165) is 11.3 Å². The summed E-state index contributed by atoms with van der Waals surface area (Å²) in [6.45, 7) is 2.77. The molecule has 2 aromatic rings. The fraction of sp³-hybridized carbons (Fsp3) is 0.278. The smallest absolute Gasteiger partial charge is 0.255 e. The van der Waals surface area contributed by atoms with E-state index in [4.69, 9.17) is 14.2 Å². The number of carbonyl (C=O) groups excluding carboxylic acids is 1. The highest BCUT2D eigenvalue weighted by Gasteiger charge is 2.15. The van der Waals surface area contributed by atoms with Gasteiger partial charge in [-0.3, -0.25) is 4.79 Å². The van der Waals surface area contributed by atoms with Crippen LogP contribution in [0.4, 0.5) is 0 Å². The van der Waals surface area contributed by atoms with Gasteiger partial charge in [-0.25, -0.2) is 0 Å². The van der Waals surface area contributed by atoms with Crippen LogP contribution in [0.25, 0.3) is 0 Å². The zero-order valence-electron chi connectivity index (χ0n) is 13.6. The summed E-state index contributed by atoms with van der Waals surface area (Å²) in [5.74, 6) is 1.54. The maximum absolute atomic E-state index is 12.3. The van der Waals surface area contributed by atoms with E-state index in [1.807, 2.05) is 31.2 Å². The van der Waals surface area contributed by atoms with E-state index >= 15 is 0 Å². The molecule has 0 saturated carbocycles. The van der Waals surface area contributed by atoms with Gasteiger partial charge < -0.3 is 19.5 Å². The molecule has 0 aliphatic heterocycles.